The van der Waals surface area contributed by atoms with Gasteiger partial charge < -0.3 is 0 Å². The molecule has 0 N–H and O–H groups in total. The lowest BCUT2D eigenvalue weighted by Crippen LogP contribution is -2.37. The van der Waals surface area contributed by atoms with Gasteiger partial charge in [-0.25, -0.2) is 0 Å². The van der Waals surface area contributed by atoms with Gasteiger partial charge in [0.05, 0.1) is 0 Å². The summed E-state index contributed by atoms with van der Waals surface area (Å²) in [6, 6.07) is 0. The average Bonchev–Trinajstić information content (AvgIpc) is 2.32. The predicted octanol–water partition coefficient (Wildman–Crippen LogP) is 6.94. The molecule has 0 radical (unpaired) electrons. The van der Waals surface area contributed by atoms with E-state index in [1.165, 1.54) is 38.5 Å². The van der Waals surface area contributed by atoms with E-state index in [-0.39, 0.29) is 0 Å². The molecule has 0 aromatic rings. The minimum absolute atomic E-state index is 0.502. The Morgan fingerprint density at radius 1 is 0.947 bits per heavy atom. The van der Waals surface area contributed by atoms with Crippen LogP contribution in [0, 0.1) is 29.1 Å². The lowest BCUT2D eigenvalue weighted by atomic mass is 9.60. The summed E-state index contributed by atoms with van der Waals surface area (Å²) in [6.45, 7) is 18.8. The van der Waals surface area contributed by atoms with E-state index in [4.69, 9.17) is 0 Å². The molecule has 0 saturated heterocycles. The van der Waals surface area contributed by atoms with Crippen molar-refractivity contribution in [3.8, 4) is 0 Å². The quantitative estimate of drug-likeness (QED) is 0.520. The second-order valence-electron chi connectivity index (χ2n) is 7.84. The van der Waals surface area contributed by atoms with E-state index in [9.17, 15) is 0 Å². The van der Waals surface area contributed by atoms with Crippen LogP contribution < -0.4 is 0 Å². The van der Waals surface area contributed by atoms with Gasteiger partial charge in [0, 0.05) is 0 Å². The van der Waals surface area contributed by atoms with Crippen molar-refractivity contribution in [1.82, 2.24) is 0 Å². The van der Waals surface area contributed by atoms with Crippen molar-refractivity contribution in [2.75, 3.05) is 0 Å². The molecule has 116 valence electrons. The smallest absolute Gasteiger partial charge is 0.0332 e. The molecule has 0 amide bonds. The monoisotopic (exact) mass is 268 g/mol. The molecule has 0 aliphatic heterocycles. The summed E-state index contributed by atoms with van der Waals surface area (Å²) >= 11 is 0. The molecular formula is C19H40. The third kappa shape index (κ3) is 6.32. The van der Waals surface area contributed by atoms with Gasteiger partial charge in [0.25, 0.3) is 0 Å². The molecule has 1 saturated carbocycles. The first-order valence-corrected chi connectivity index (χ1v) is 8.81. The van der Waals surface area contributed by atoms with E-state index in [0.717, 1.165) is 23.7 Å². The molecule has 0 spiro atoms. The fourth-order valence-corrected chi connectivity index (χ4v) is 3.86. The summed E-state index contributed by atoms with van der Waals surface area (Å²) < 4.78 is 0. The van der Waals surface area contributed by atoms with Gasteiger partial charge in [0.15, 0.2) is 0 Å². The molecule has 1 rings (SSSR count). The molecule has 0 bridgehead atoms. The molecule has 0 heteroatoms. The Labute approximate surface area is 123 Å². The molecular weight excluding hydrogens is 228 g/mol. The standard InChI is InChI=1S/C16H32.C3H8/c1-7-13(8-2)14-10-9-12(3)11-15(14)16(4,5)6;1-3-2/h12-15H,7-11H2,1-6H3;3H2,1-2H3. The van der Waals surface area contributed by atoms with Crippen molar-refractivity contribution in [2.45, 2.75) is 93.9 Å². The minimum atomic E-state index is 0.502. The van der Waals surface area contributed by atoms with Crippen LogP contribution in [-0.4, -0.2) is 0 Å². The van der Waals surface area contributed by atoms with Crippen LogP contribution in [-0.2, 0) is 0 Å². The highest BCUT2D eigenvalue weighted by Crippen LogP contribution is 2.48. The van der Waals surface area contributed by atoms with Crippen LogP contribution >= 0.6 is 0 Å². The van der Waals surface area contributed by atoms with Gasteiger partial charge in [0.2, 0.25) is 0 Å². The maximum absolute atomic E-state index is 2.45. The first-order chi connectivity index (χ1) is 8.81. The zero-order valence-corrected chi connectivity index (χ0v) is 15.1. The second kappa shape index (κ2) is 9.03. The average molecular weight is 269 g/mol. The molecule has 19 heavy (non-hydrogen) atoms. The van der Waals surface area contributed by atoms with Crippen molar-refractivity contribution >= 4 is 0 Å². The lowest BCUT2D eigenvalue weighted by Gasteiger charge is -2.46. The minimum Gasteiger partial charge on any atom is -0.0656 e. The third-order valence-corrected chi connectivity index (χ3v) is 4.93. The van der Waals surface area contributed by atoms with E-state index in [1.54, 1.807) is 0 Å². The first kappa shape index (κ1) is 19.0. The van der Waals surface area contributed by atoms with Crippen LogP contribution in [0.4, 0.5) is 0 Å². The van der Waals surface area contributed by atoms with Crippen molar-refractivity contribution in [2.24, 2.45) is 29.1 Å². The summed E-state index contributed by atoms with van der Waals surface area (Å²) in [5.74, 6) is 3.86. The van der Waals surface area contributed by atoms with Crippen molar-refractivity contribution < 1.29 is 0 Å². The first-order valence-electron chi connectivity index (χ1n) is 8.81. The number of rotatable bonds is 3. The molecule has 1 aliphatic carbocycles. The van der Waals surface area contributed by atoms with Crippen molar-refractivity contribution in [3.05, 3.63) is 0 Å². The summed E-state index contributed by atoms with van der Waals surface area (Å²) in [7, 11) is 0. The third-order valence-electron chi connectivity index (χ3n) is 4.93. The fourth-order valence-electron chi connectivity index (χ4n) is 3.86. The molecule has 1 aliphatic rings. The Kier molecular flexibility index (Phi) is 9.03. The van der Waals surface area contributed by atoms with Crippen LogP contribution in [0.2, 0.25) is 0 Å². The van der Waals surface area contributed by atoms with Crippen LogP contribution in [0.1, 0.15) is 93.9 Å². The Hall–Kier alpha value is 0. The molecule has 1 fully saturated rings. The van der Waals surface area contributed by atoms with Gasteiger partial charge in [-0.2, -0.15) is 0 Å². The van der Waals surface area contributed by atoms with Gasteiger partial charge in [-0.1, -0.05) is 81.1 Å². The van der Waals surface area contributed by atoms with Gasteiger partial charge in [-0.05, 0) is 41.9 Å². The van der Waals surface area contributed by atoms with Gasteiger partial charge in [-0.3, -0.25) is 0 Å². The summed E-state index contributed by atoms with van der Waals surface area (Å²) in [5.41, 5.74) is 0.502. The molecule has 0 nitrogen and oxygen atoms in total. The lowest BCUT2D eigenvalue weighted by molar-refractivity contribution is 0.0412. The Bertz CT molecular complexity index is 207. The summed E-state index contributed by atoms with van der Waals surface area (Å²) in [6.07, 6.45) is 8.41. The number of hydrogen-bond acceptors (Lipinski definition) is 0. The van der Waals surface area contributed by atoms with Gasteiger partial charge >= 0.3 is 0 Å². The molecule has 0 aromatic carbocycles. The Morgan fingerprint density at radius 3 is 1.79 bits per heavy atom. The maximum atomic E-state index is 2.45. The van der Waals surface area contributed by atoms with Crippen LogP contribution in [0.5, 0.6) is 0 Å². The molecule has 3 atom stereocenters. The van der Waals surface area contributed by atoms with E-state index in [0.29, 0.717) is 5.41 Å². The highest BCUT2D eigenvalue weighted by molar-refractivity contribution is 4.88. The van der Waals surface area contributed by atoms with Crippen LogP contribution in [0.15, 0.2) is 0 Å². The fraction of sp³-hybridized carbons (Fsp3) is 1.00. The molecule has 3 unspecified atom stereocenters. The zero-order chi connectivity index (χ0) is 15.1. The van der Waals surface area contributed by atoms with Crippen molar-refractivity contribution in [3.63, 3.8) is 0 Å². The normalized spacial score (nSPS) is 27.9. The van der Waals surface area contributed by atoms with Crippen LogP contribution in [0.3, 0.4) is 0 Å². The van der Waals surface area contributed by atoms with Crippen molar-refractivity contribution in [1.29, 1.82) is 0 Å². The topological polar surface area (TPSA) is 0 Å². The van der Waals surface area contributed by atoms with Crippen LogP contribution in [0.25, 0.3) is 0 Å². The Morgan fingerprint density at radius 2 is 1.42 bits per heavy atom. The maximum Gasteiger partial charge on any atom is -0.0332 e. The van der Waals surface area contributed by atoms with Gasteiger partial charge in [-0.15, -0.1) is 0 Å². The van der Waals surface area contributed by atoms with Gasteiger partial charge in [0.1, 0.15) is 0 Å². The molecule has 0 heterocycles. The molecule has 0 aromatic heterocycles. The van der Waals surface area contributed by atoms with E-state index in [1.807, 2.05) is 0 Å². The zero-order valence-electron chi connectivity index (χ0n) is 15.1. The highest BCUT2D eigenvalue weighted by Gasteiger charge is 2.38. The Balaban J connectivity index is 0.000000982. The van der Waals surface area contributed by atoms with E-state index in [2.05, 4.69) is 55.4 Å². The summed E-state index contributed by atoms with van der Waals surface area (Å²) in [4.78, 5) is 0. The number of hydrogen-bond donors (Lipinski definition) is 0. The summed E-state index contributed by atoms with van der Waals surface area (Å²) in [5, 5.41) is 0. The predicted molar refractivity (Wildman–Crippen MR) is 89.5 cm³/mol. The van der Waals surface area contributed by atoms with E-state index < -0.39 is 0 Å². The SMILES string of the molecule is CCC.CCC(CC)C1CCC(C)CC1C(C)(C)C. The van der Waals surface area contributed by atoms with E-state index >= 15 is 0 Å². The largest absolute Gasteiger partial charge is 0.0656 e. The second-order valence-corrected chi connectivity index (χ2v) is 7.84. The highest BCUT2D eigenvalue weighted by atomic mass is 14.4.